The highest BCUT2D eigenvalue weighted by atomic mass is 16.3. The van der Waals surface area contributed by atoms with Crippen molar-refractivity contribution in [1.29, 1.82) is 0 Å². The van der Waals surface area contributed by atoms with Gasteiger partial charge >= 0.3 is 0 Å². The minimum atomic E-state index is -0.275. The molecule has 0 radical (unpaired) electrons. The van der Waals surface area contributed by atoms with E-state index in [1.807, 2.05) is 30.3 Å². The zero-order chi connectivity index (χ0) is 14.5. The van der Waals surface area contributed by atoms with Gasteiger partial charge in [-0.15, -0.1) is 0 Å². The van der Waals surface area contributed by atoms with Gasteiger partial charge in [0, 0.05) is 11.0 Å². The molecule has 1 atom stereocenters. The number of rotatable bonds is 1. The van der Waals surface area contributed by atoms with Crippen LogP contribution in [0.15, 0.2) is 42.5 Å². The van der Waals surface area contributed by atoms with Crippen LogP contribution >= 0.6 is 0 Å². The Bertz CT molecular complexity index is 673. The fraction of sp³-hybridized carbons (Fsp3) is 0.333. The maximum Gasteiger partial charge on any atom is 0.119 e. The average Bonchev–Trinajstić information content (AvgIpc) is 2.57. The van der Waals surface area contributed by atoms with Gasteiger partial charge in [0.15, 0.2) is 0 Å². The van der Waals surface area contributed by atoms with Crippen LogP contribution in [0.2, 0.25) is 0 Å². The summed E-state index contributed by atoms with van der Waals surface area (Å²) in [5.41, 5.74) is 3.05. The number of hydrogen-bond acceptors (Lipinski definition) is 2. The summed E-state index contributed by atoms with van der Waals surface area (Å²) >= 11 is 0. The summed E-state index contributed by atoms with van der Waals surface area (Å²) in [5, 5.41) is 20.1. The first-order valence-electron chi connectivity index (χ1n) is 6.97. The number of benzene rings is 2. The number of para-hydroxylation sites is 1. The molecule has 0 spiro atoms. The third kappa shape index (κ3) is 1.71. The molecule has 0 aliphatic heterocycles. The fourth-order valence-corrected chi connectivity index (χ4v) is 3.83. The van der Waals surface area contributed by atoms with Crippen molar-refractivity contribution < 1.29 is 10.2 Å². The minimum absolute atomic E-state index is 0.0278. The van der Waals surface area contributed by atoms with Crippen molar-refractivity contribution in [3.8, 4) is 11.5 Å². The zero-order valence-corrected chi connectivity index (χ0v) is 12.1. The van der Waals surface area contributed by atoms with Crippen LogP contribution in [0.5, 0.6) is 11.5 Å². The molecule has 1 unspecified atom stereocenters. The number of phenols is 2. The van der Waals surface area contributed by atoms with Crippen molar-refractivity contribution in [2.45, 2.75) is 38.0 Å². The van der Waals surface area contributed by atoms with E-state index in [0.717, 1.165) is 17.5 Å². The molecule has 0 fully saturated rings. The van der Waals surface area contributed by atoms with Gasteiger partial charge in [0.25, 0.3) is 0 Å². The van der Waals surface area contributed by atoms with Gasteiger partial charge in [-0.2, -0.15) is 0 Å². The molecule has 2 N–H and O–H groups in total. The first-order chi connectivity index (χ1) is 9.34. The van der Waals surface area contributed by atoms with Crippen LogP contribution in [0, 0.1) is 0 Å². The van der Waals surface area contributed by atoms with Gasteiger partial charge in [-0.3, -0.25) is 0 Å². The van der Waals surface area contributed by atoms with Gasteiger partial charge in [0.1, 0.15) is 11.5 Å². The molecule has 3 rings (SSSR count). The molecule has 2 heteroatoms. The molecule has 104 valence electrons. The van der Waals surface area contributed by atoms with E-state index in [0.29, 0.717) is 5.75 Å². The van der Waals surface area contributed by atoms with Crippen molar-refractivity contribution in [1.82, 2.24) is 0 Å². The summed E-state index contributed by atoms with van der Waals surface area (Å²) in [6, 6.07) is 13.1. The zero-order valence-electron chi connectivity index (χ0n) is 12.1. The summed E-state index contributed by atoms with van der Waals surface area (Å²) in [6.45, 7) is 6.58. The maximum atomic E-state index is 10.2. The van der Waals surface area contributed by atoms with E-state index >= 15 is 0 Å². The first kappa shape index (κ1) is 13.0. The highest BCUT2D eigenvalue weighted by Crippen LogP contribution is 2.54. The summed E-state index contributed by atoms with van der Waals surface area (Å²) in [7, 11) is 0. The predicted molar refractivity (Wildman–Crippen MR) is 80.3 cm³/mol. The lowest BCUT2D eigenvalue weighted by atomic mass is 9.74. The van der Waals surface area contributed by atoms with E-state index in [1.54, 1.807) is 12.1 Å². The van der Waals surface area contributed by atoms with Gasteiger partial charge in [0.2, 0.25) is 0 Å². The van der Waals surface area contributed by atoms with E-state index in [1.165, 1.54) is 5.56 Å². The number of hydrogen-bond donors (Lipinski definition) is 2. The molecular formula is C18H20O2. The van der Waals surface area contributed by atoms with Crippen molar-refractivity contribution in [2.75, 3.05) is 0 Å². The standard InChI is InChI=1S/C18H20O2/c1-17(2)11-18(3,14-6-4-5-7-16(14)20)15-10-12(19)8-9-13(15)17/h4-10,19-20H,11H2,1-3H3. The van der Waals surface area contributed by atoms with Crippen LogP contribution in [0.4, 0.5) is 0 Å². The van der Waals surface area contributed by atoms with Crippen LogP contribution in [0.3, 0.4) is 0 Å². The Balaban J connectivity index is 2.28. The van der Waals surface area contributed by atoms with Gasteiger partial charge in [-0.25, -0.2) is 0 Å². The van der Waals surface area contributed by atoms with Crippen molar-refractivity contribution in [3.05, 3.63) is 59.2 Å². The lowest BCUT2D eigenvalue weighted by molar-refractivity contribution is 0.400. The second-order valence-electron chi connectivity index (χ2n) is 6.64. The molecule has 2 nitrogen and oxygen atoms in total. The Kier molecular flexibility index (Phi) is 2.62. The van der Waals surface area contributed by atoms with E-state index in [2.05, 4.69) is 20.8 Å². The van der Waals surface area contributed by atoms with E-state index in [9.17, 15) is 10.2 Å². The van der Waals surface area contributed by atoms with Gasteiger partial charge in [0.05, 0.1) is 0 Å². The lowest BCUT2D eigenvalue weighted by Gasteiger charge is -2.29. The molecule has 2 aromatic rings. The van der Waals surface area contributed by atoms with Gasteiger partial charge in [-0.1, -0.05) is 45.0 Å². The van der Waals surface area contributed by atoms with Crippen molar-refractivity contribution in [2.24, 2.45) is 0 Å². The number of fused-ring (bicyclic) bond motifs is 1. The normalized spacial score (nSPS) is 23.6. The molecule has 0 saturated heterocycles. The highest BCUT2D eigenvalue weighted by Gasteiger charge is 2.46. The van der Waals surface area contributed by atoms with Crippen LogP contribution in [-0.4, -0.2) is 10.2 Å². The second kappa shape index (κ2) is 4.02. The molecule has 20 heavy (non-hydrogen) atoms. The minimum Gasteiger partial charge on any atom is -0.508 e. The Morgan fingerprint density at radius 3 is 2.25 bits per heavy atom. The monoisotopic (exact) mass is 268 g/mol. The van der Waals surface area contributed by atoms with E-state index < -0.39 is 0 Å². The second-order valence-corrected chi connectivity index (χ2v) is 6.64. The SMILES string of the molecule is CC1(C)CC(C)(c2ccccc2O)c2cc(O)ccc21. The molecule has 0 aromatic heterocycles. The molecule has 0 amide bonds. The molecule has 1 aliphatic rings. The molecule has 0 heterocycles. The van der Waals surface area contributed by atoms with E-state index in [4.69, 9.17) is 0 Å². The van der Waals surface area contributed by atoms with Crippen LogP contribution < -0.4 is 0 Å². The summed E-state index contributed by atoms with van der Waals surface area (Å²) in [6.07, 6.45) is 0.913. The third-order valence-corrected chi connectivity index (χ3v) is 4.62. The largest absolute Gasteiger partial charge is 0.508 e. The summed E-state index contributed by atoms with van der Waals surface area (Å²) in [5.74, 6) is 0.602. The first-order valence-corrected chi connectivity index (χ1v) is 6.97. The topological polar surface area (TPSA) is 40.5 Å². The Morgan fingerprint density at radius 1 is 0.850 bits per heavy atom. The predicted octanol–water partition coefficient (Wildman–Crippen LogP) is 4.09. The Morgan fingerprint density at radius 2 is 1.55 bits per heavy atom. The Labute approximate surface area is 119 Å². The summed E-state index contributed by atoms with van der Waals surface area (Å²) < 4.78 is 0. The van der Waals surface area contributed by atoms with E-state index in [-0.39, 0.29) is 16.6 Å². The molecule has 0 bridgehead atoms. The van der Waals surface area contributed by atoms with Crippen molar-refractivity contribution in [3.63, 3.8) is 0 Å². The highest BCUT2D eigenvalue weighted by molar-refractivity contribution is 5.56. The molecule has 1 aliphatic carbocycles. The molecule has 2 aromatic carbocycles. The van der Waals surface area contributed by atoms with Gasteiger partial charge in [-0.05, 0) is 41.2 Å². The van der Waals surface area contributed by atoms with Crippen molar-refractivity contribution >= 4 is 0 Å². The van der Waals surface area contributed by atoms with Crippen LogP contribution in [0.25, 0.3) is 0 Å². The summed E-state index contributed by atoms with van der Waals surface area (Å²) in [4.78, 5) is 0. The maximum absolute atomic E-state index is 10.2. The smallest absolute Gasteiger partial charge is 0.119 e. The number of phenolic OH excluding ortho intramolecular Hbond substituents is 2. The fourth-order valence-electron chi connectivity index (χ4n) is 3.83. The third-order valence-electron chi connectivity index (χ3n) is 4.62. The Hall–Kier alpha value is -1.96. The molecule has 0 saturated carbocycles. The average molecular weight is 268 g/mol. The van der Waals surface area contributed by atoms with Gasteiger partial charge < -0.3 is 10.2 Å². The quantitative estimate of drug-likeness (QED) is 0.818. The number of aromatic hydroxyl groups is 2. The molecular weight excluding hydrogens is 248 g/mol. The van der Waals surface area contributed by atoms with Crippen LogP contribution in [-0.2, 0) is 10.8 Å². The van der Waals surface area contributed by atoms with Crippen LogP contribution in [0.1, 0.15) is 43.9 Å². The lowest BCUT2D eigenvalue weighted by Crippen LogP contribution is -2.23.